The highest BCUT2D eigenvalue weighted by molar-refractivity contribution is 5.87. The maximum atomic E-state index is 11.8. The number of rotatable bonds is 23. The zero-order valence-corrected chi connectivity index (χ0v) is 23.2. The summed E-state index contributed by atoms with van der Waals surface area (Å²) in [5.74, 6) is 0.115. The number of hydrogen-bond acceptors (Lipinski definition) is 4. The standard InChI is InChI=1S/C28H54N4O3/c1-31(2)25-19-23-29-27(33)21-17-15-13-11-9-7-5-6-8-10-12-14-16-18-22-28(34)30-24-20-26-32(3,4)35/h13,15,17,21,35H,5-12,14,16,18-20,22-26H2,1-4H3,(H-,29,30,33,34)/p+1/b15-13+,21-17+. The van der Waals surface area contributed by atoms with E-state index in [-0.39, 0.29) is 16.5 Å². The zero-order valence-electron chi connectivity index (χ0n) is 23.2. The molecule has 0 aliphatic heterocycles. The van der Waals surface area contributed by atoms with Crippen LogP contribution in [0.15, 0.2) is 24.3 Å². The van der Waals surface area contributed by atoms with Gasteiger partial charge in [-0.3, -0.25) is 9.59 Å². The second-order valence-electron chi connectivity index (χ2n) is 10.4. The van der Waals surface area contributed by atoms with Crippen molar-refractivity contribution in [3.63, 3.8) is 0 Å². The van der Waals surface area contributed by atoms with Crippen molar-refractivity contribution >= 4 is 11.8 Å². The normalized spacial score (nSPS) is 12.2. The van der Waals surface area contributed by atoms with Crippen molar-refractivity contribution in [2.45, 2.75) is 89.9 Å². The molecule has 0 saturated heterocycles. The first-order valence-electron chi connectivity index (χ1n) is 13.8. The van der Waals surface area contributed by atoms with E-state index in [1.807, 2.05) is 26.2 Å². The van der Waals surface area contributed by atoms with Crippen molar-refractivity contribution in [3.8, 4) is 0 Å². The van der Waals surface area contributed by atoms with Crippen molar-refractivity contribution in [2.24, 2.45) is 0 Å². The largest absolute Gasteiger partial charge is 0.356 e. The van der Waals surface area contributed by atoms with E-state index in [2.05, 4.69) is 21.6 Å². The number of amides is 2. The Morgan fingerprint density at radius 3 is 1.94 bits per heavy atom. The summed E-state index contributed by atoms with van der Waals surface area (Å²) in [5.41, 5.74) is 0. The minimum atomic E-state index is -0.0501. The Balaban J connectivity index is 3.36. The summed E-state index contributed by atoms with van der Waals surface area (Å²) in [5, 5.41) is 15.4. The van der Waals surface area contributed by atoms with E-state index < -0.39 is 0 Å². The van der Waals surface area contributed by atoms with E-state index in [4.69, 9.17) is 0 Å². The fraction of sp³-hybridized carbons (Fsp3) is 0.786. The van der Waals surface area contributed by atoms with Gasteiger partial charge in [0, 0.05) is 32.0 Å². The third-order valence-corrected chi connectivity index (χ3v) is 5.81. The Hall–Kier alpha value is -1.70. The molecule has 35 heavy (non-hydrogen) atoms. The highest BCUT2D eigenvalue weighted by atomic mass is 16.5. The van der Waals surface area contributed by atoms with Gasteiger partial charge in [0.1, 0.15) is 6.54 Å². The molecule has 7 heteroatoms. The van der Waals surface area contributed by atoms with Crippen LogP contribution in [0.5, 0.6) is 0 Å². The van der Waals surface area contributed by atoms with Crippen molar-refractivity contribution in [3.05, 3.63) is 24.3 Å². The van der Waals surface area contributed by atoms with E-state index >= 15 is 0 Å². The first-order valence-corrected chi connectivity index (χ1v) is 13.8. The van der Waals surface area contributed by atoms with Crippen LogP contribution in [0, 0.1) is 0 Å². The number of quaternary nitrogens is 1. The molecule has 0 aromatic rings. The molecule has 0 fully saturated rings. The molecule has 0 rings (SSSR count). The molecule has 204 valence electrons. The van der Waals surface area contributed by atoms with E-state index in [1.54, 1.807) is 20.2 Å². The number of allylic oxidation sites excluding steroid dienone is 3. The Kier molecular flexibility index (Phi) is 21.6. The van der Waals surface area contributed by atoms with Gasteiger partial charge in [0.25, 0.3) is 0 Å². The van der Waals surface area contributed by atoms with Crippen LogP contribution in [0.4, 0.5) is 0 Å². The molecule has 0 aliphatic rings. The highest BCUT2D eigenvalue weighted by Gasteiger charge is 2.09. The van der Waals surface area contributed by atoms with Gasteiger partial charge in [-0.15, -0.1) is 0 Å². The first-order chi connectivity index (χ1) is 16.7. The maximum Gasteiger partial charge on any atom is 0.243 e. The Labute approximate surface area is 215 Å². The molecule has 0 saturated carbocycles. The SMILES string of the molecule is CN(C)CCCNC(=O)/C=C/C=C/CCCCCCCCCCCCC(=O)NCCC[N+](C)(C)O. The summed E-state index contributed by atoms with van der Waals surface area (Å²) in [4.78, 5) is 25.5. The van der Waals surface area contributed by atoms with Crippen molar-refractivity contribution < 1.29 is 19.4 Å². The molecular weight excluding hydrogens is 440 g/mol. The molecule has 0 aromatic carbocycles. The third kappa shape index (κ3) is 28.4. The first kappa shape index (κ1) is 33.3. The number of hydroxylamine groups is 3. The van der Waals surface area contributed by atoms with Gasteiger partial charge in [-0.25, -0.2) is 5.21 Å². The van der Waals surface area contributed by atoms with Gasteiger partial charge in [0.2, 0.25) is 11.8 Å². The van der Waals surface area contributed by atoms with Crippen LogP contribution in [0.3, 0.4) is 0 Å². The Morgan fingerprint density at radius 1 is 0.771 bits per heavy atom. The summed E-state index contributed by atoms with van der Waals surface area (Å²) < 4.78 is -0.0501. The van der Waals surface area contributed by atoms with Crippen molar-refractivity contribution in [2.75, 3.05) is 54.4 Å². The minimum Gasteiger partial charge on any atom is -0.356 e. The van der Waals surface area contributed by atoms with Crippen LogP contribution < -0.4 is 10.6 Å². The fourth-order valence-corrected chi connectivity index (χ4v) is 3.73. The fourth-order valence-electron chi connectivity index (χ4n) is 3.73. The predicted octanol–water partition coefficient (Wildman–Crippen LogP) is 4.82. The van der Waals surface area contributed by atoms with Crippen LogP contribution in [-0.4, -0.2) is 80.9 Å². The quantitative estimate of drug-likeness (QED) is 0.0624. The summed E-state index contributed by atoms with van der Waals surface area (Å²) in [6.07, 6.45) is 23.3. The second kappa shape index (κ2) is 22.7. The van der Waals surface area contributed by atoms with Crippen LogP contribution >= 0.6 is 0 Å². The average Bonchev–Trinajstić information content (AvgIpc) is 2.78. The lowest BCUT2D eigenvalue weighted by atomic mass is 10.0. The number of unbranched alkanes of at least 4 members (excludes halogenated alkanes) is 10. The number of hydrogen-bond donors (Lipinski definition) is 3. The van der Waals surface area contributed by atoms with Crippen LogP contribution in [0.25, 0.3) is 0 Å². The number of carbonyl (C=O) groups is 2. The van der Waals surface area contributed by atoms with Gasteiger partial charge in [-0.1, -0.05) is 69.6 Å². The number of carbonyl (C=O) groups excluding carboxylic acids is 2. The highest BCUT2D eigenvalue weighted by Crippen LogP contribution is 2.12. The van der Waals surface area contributed by atoms with Crippen LogP contribution in [0.1, 0.15) is 89.9 Å². The van der Waals surface area contributed by atoms with Gasteiger partial charge in [0.15, 0.2) is 0 Å². The molecule has 0 atom stereocenters. The van der Waals surface area contributed by atoms with Crippen LogP contribution in [-0.2, 0) is 9.59 Å². The van der Waals surface area contributed by atoms with Gasteiger partial charge in [-0.2, -0.15) is 4.65 Å². The van der Waals surface area contributed by atoms with Gasteiger partial charge in [-0.05, 0) is 46.3 Å². The van der Waals surface area contributed by atoms with E-state index in [0.717, 1.165) is 45.2 Å². The summed E-state index contributed by atoms with van der Waals surface area (Å²) in [6.45, 7) is 2.99. The molecule has 3 N–H and O–H groups in total. The number of nitrogens with zero attached hydrogens (tertiary/aromatic N) is 2. The molecule has 0 bridgehead atoms. The van der Waals surface area contributed by atoms with Crippen molar-refractivity contribution in [1.82, 2.24) is 15.5 Å². The van der Waals surface area contributed by atoms with E-state index in [1.165, 1.54) is 51.4 Å². The van der Waals surface area contributed by atoms with Gasteiger partial charge < -0.3 is 15.5 Å². The molecule has 0 aromatic heterocycles. The summed E-state index contributed by atoms with van der Waals surface area (Å²) >= 11 is 0. The monoisotopic (exact) mass is 495 g/mol. The Morgan fingerprint density at radius 2 is 1.34 bits per heavy atom. The molecule has 0 spiro atoms. The lowest BCUT2D eigenvalue weighted by Crippen LogP contribution is -2.38. The smallest absolute Gasteiger partial charge is 0.243 e. The van der Waals surface area contributed by atoms with Gasteiger partial charge in [0.05, 0.1) is 14.1 Å². The van der Waals surface area contributed by atoms with Gasteiger partial charge >= 0.3 is 0 Å². The molecule has 0 heterocycles. The molecule has 7 nitrogen and oxygen atoms in total. The van der Waals surface area contributed by atoms with E-state index in [0.29, 0.717) is 19.5 Å². The van der Waals surface area contributed by atoms with Crippen molar-refractivity contribution in [1.29, 1.82) is 0 Å². The predicted molar refractivity (Wildman–Crippen MR) is 146 cm³/mol. The third-order valence-electron chi connectivity index (χ3n) is 5.81. The second-order valence-corrected chi connectivity index (χ2v) is 10.4. The molecule has 0 aliphatic carbocycles. The molecule has 0 unspecified atom stereocenters. The van der Waals surface area contributed by atoms with Crippen LogP contribution in [0.2, 0.25) is 0 Å². The summed E-state index contributed by atoms with van der Waals surface area (Å²) in [7, 11) is 7.54. The topological polar surface area (TPSA) is 81.7 Å². The number of nitrogens with one attached hydrogen (secondary N) is 2. The molecule has 2 amide bonds. The average molecular weight is 496 g/mol. The van der Waals surface area contributed by atoms with E-state index in [9.17, 15) is 14.8 Å². The Bertz CT molecular complexity index is 583. The lowest BCUT2D eigenvalue weighted by Gasteiger charge is -2.19. The zero-order chi connectivity index (χ0) is 26.2. The summed E-state index contributed by atoms with van der Waals surface area (Å²) in [6, 6.07) is 0. The minimum absolute atomic E-state index is 0.0204. The molecule has 0 radical (unpaired) electrons. The molecular formula is C28H55N4O3+. The maximum absolute atomic E-state index is 11.8. The lowest BCUT2D eigenvalue weighted by molar-refractivity contribution is -1.07.